The number of halogens is 1. The maximum atomic E-state index is 13.9. The van der Waals surface area contributed by atoms with Crippen LogP contribution < -0.4 is 5.32 Å². The molecular weight excluding hydrogens is 229 g/mol. The molecule has 94 valence electrons. The highest BCUT2D eigenvalue weighted by Crippen LogP contribution is 2.28. The molecule has 0 aliphatic carbocycles. The van der Waals surface area contributed by atoms with Gasteiger partial charge in [-0.1, -0.05) is 18.2 Å². The maximum Gasteiger partial charge on any atom is 0.128 e. The number of nitrogens with zero attached hydrogens (tertiary/aromatic N) is 2. The average Bonchev–Trinajstić information content (AvgIpc) is 2.82. The van der Waals surface area contributed by atoms with Gasteiger partial charge in [0.05, 0.1) is 18.1 Å². The third kappa shape index (κ3) is 1.73. The predicted molar refractivity (Wildman–Crippen MR) is 67.9 cm³/mol. The molecule has 0 fully saturated rings. The summed E-state index contributed by atoms with van der Waals surface area (Å²) in [5.74, 6) is -0.172. The van der Waals surface area contributed by atoms with E-state index in [0.717, 1.165) is 25.2 Å². The van der Waals surface area contributed by atoms with E-state index in [1.54, 1.807) is 6.07 Å². The molecule has 18 heavy (non-hydrogen) atoms. The zero-order chi connectivity index (χ0) is 12.5. The Morgan fingerprint density at radius 3 is 3.06 bits per heavy atom. The molecule has 0 saturated heterocycles. The lowest BCUT2D eigenvalue weighted by Gasteiger charge is -2.24. The molecule has 1 aromatic heterocycles. The van der Waals surface area contributed by atoms with Crippen LogP contribution in [0, 0.1) is 5.82 Å². The van der Waals surface area contributed by atoms with Crippen LogP contribution in [0.5, 0.6) is 0 Å². The minimum atomic E-state index is -0.172. The predicted octanol–water partition coefficient (Wildman–Crippen LogP) is 2.28. The molecule has 2 aromatic rings. The van der Waals surface area contributed by atoms with Crippen LogP contribution in [-0.4, -0.2) is 16.1 Å². The first-order valence-corrected chi connectivity index (χ1v) is 6.33. The molecule has 0 radical (unpaired) electrons. The first kappa shape index (κ1) is 11.4. The lowest BCUT2D eigenvalue weighted by molar-refractivity contribution is 0.510. The summed E-state index contributed by atoms with van der Waals surface area (Å²) in [5, 5.41) is 3.35. The van der Waals surface area contributed by atoms with Crippen molar-refractivity contribution in [1.29, 1.82) is 0 Å². The van der Waals surface area contributed by atoms with Crippen LogP contribution in [-0.2, 0) is 13.0 Å². The van der Waals surface area contributed by atoms with Crippen LogP contribution in [0.3, 0.4) is 0 Å². The van der Waals surface area contributed by atoms with E-state index >= 15 is 0 Å². The second-order valence-electron chi connectivity index (χ2n) is 4.52. The Morgan fingerprint density at radius 1 is 1.44 bits per heavy atom. The number of hydrogen-bond acceptors (Lipinski definition) is 2. The number of aryl methyl sites for hydroxylation is 1. The Hall–Kier alpha value is -1.68. The summed E-state index contributed by atoms with van der Waals surface area (Å²) >= 11 is 0. The number of benzene rings is 1. The van der Waals surface area contributed by atoms with Gasteiger partial charge in [-0.2, -0.15) is 0 Å². The van der Waals surface area contributed by atoms with E-state index in [2.05, 4.69) is 21.8 Å². The smallest absolute Gasteiger partial charge is 0.128 e. The summed E-state index contributed by atoms with van der Waals surface area (Å²) in [4.78, 5) is 4.46. The van der Waals surface area contributed by atoms with Crippen LogP contribution in [0.25, 0.3) is 0 Å². The van der Waals surface area contributed by atoms with Gasteiger partial charge in [0.25, 0.3) is 0 Å². The van der Waals surface area contributed by atoms with E-state index in [4.69, 9.17) is 0 Å². The molecular formula is C14H16FN3. The Morgan fingerprint density at radius 2 is 2.28 bits per heavy atom. The van der Waals surface area contributed by atoms with Crippen molar-refractivity contribution >= 4 is 0 Å². The largest absolute Gasteiger partial charge is 0.334 e. The fourth-order valence-corrected chi connectivity index (χ4v) is 2.61. The Bertz CT molecular complexity index is 562. The quantitative estimate of drug-likeness (QED) is 0.879. The lowest BCUT2D eigenvalue weighted by Crippen LogP contribution is -2.32. The highest BCUT2D eigenvalue weighted by atomic mass is 19.1. The van der Waals surface area contributed by atoms with E-state index in [-0.39, 0.29) is 11.9 Å². The number of hydrogen-bond donors (Lipinski definition) is 1. The molecule has 4 heteroatoms. The molecule has 1 atom stereocenters. The number of aromatic nitrogens is 2. The fourth-order valence-electron chi connectivity index (χ4n) is 2.61. The van der Waals surface area contributed by atoms with Crippen LogP contribution >= 0.6 is 0 Å². The average molecular weight is 245 g/mol. The summed E-state index contributed by atoms with van der Waals surface area (Å²) in [6.07, 6.45) is 2.81. The maximum absolute atomic E-state index is 13.9. The summed E-state index contributed by atoms with van der Waals surface area (Å²) in [7, 11) is 0. The van der Waals surface area contributed by atoms with E-state index in [0.29, 0.717) is 5.56 Å². The zero-order valence-corrected chi connectivity index (χ0v) is 10.4. The number of rotatable bonds is 2. The van der Waals surface area contributed by atoms with Gasteiger partial charge in [-0.25, -0.2) is 9.37 Å². The lowest BCUT2D eigenvalue weighted by atomic mass is 9.97. The van der Waals surface area contributed by atoms with E-state index in [1.807, 2.05) is 18.5 Å². The number of imidazole rings is 1. The second-order valence-corrected chi connectivity index (χ2v) is 4.52. The van der Waals surface area contributed by atoms with E-state index < -0.39 is 0 Å². The van der Waals surface area contributed by atoms with Gasteiger partial charge >= 0.3 is 0 Å². The first-order valence-electron chi connectivity index (χ1n) is 6.33. The second kappa shape index (κ2) is 4.53. The van der Waals surface area contributed by atoms with Gasteiger partial charge in [0, 0.05) is 30.8 Å². The van der Waals surface area contributed by atoms with Gasteiger partial charge in [0.2, 0.25) is 0 Å². The van der Waals surface area contributed by atoms with Gasteiger partial charge < -0.3 is 9.88 Å². The highest BCUT2D eigenvalue weighted by molar-refractivity contribution is 5.33. The van der Waals surface area contributed by atoms with Crippen molar-refractivity contribution < 1.29 is 4.39 Å². The van der Waals surface area contributed by atoms with Crippen molar-refractivity contribution in [3.05, 3.63) is 53.4 Å². The van der Waals surface area contributed by atoms with Crippen molar-refractivity contribution in [1.82, 2.24) is 14.9 Å². The molecule has 0 amide bonds. The molecule has 3 rings (SSSR count). The number of fused-ring (bicyclic) bond motifs is 1. The third-order valence-electron chi connectivity index (χ3n) is 3.52. The molecule has 1 N–H and O–H groups in total. The molecule has 1 aliphatic heterocycles. The van der Waals surface area contributed by atoms with Crippen LogP contribution in [0.15, 0.2) is 30.6 Å². The first-order chi connectivity index (χ1) is 8.81. The fraction of sp³-hybridized carbons (Fsp3) is 0.357. The van der Waals surface area contributed by atoms with Crippen molar-refractivity contribution in [2.45, 2.75) is 25.9 Å². The highest BCUT2D eigenvalue weighted by Gasteiger charge is 2.27. The summed E-state index contributed by atoms with van der Waals surface area (Å²) in [6, 6.07) is 6.79. The Kier molecular flexibility index (Phi) is 2.88. The van der Waals surface area contributed by atoms with Crippen molar-refractivity contribution in [3.63, 3.8) is 0 Å². The van der Waals surface area contributed by atoms with E-state index in [1.165, 1.54) is 11.8 Å². The zero-order valence-electron chi connectivity index (χ0n) is 10.4. The van der Waals surface area contributed by atoms with Gasteiger partial charge in [-0.15, -0.1) is 0 Å². The van der Waals surface area contributed by atoms with Gasteiger partial charge in [0.15, 0.2) is 0 Å². The Balaban J connectivity index is 2.07. The molecule has 3 nitrogen and oxygen atoms in total. The van der Waals surface area contributed by atoms with Gasteiger partial charge in [-0.05, 0) is 13.0 Å². The summed E-state index contributed by atoms with van der Waals surface area (Å²) in [6.45, 7) is 3.87. The Labute approximate surface area is 106 Å². The van der Waals surface area contributed by atoms with Crippen LogP contribution in [0.2, 0.25) is 0 Å². The molecule has 1 unspecified atom stereocenters. The van der Waals surface area contributed by atoms with Crippen molar-refractivity contribution in [2.75, 3.05) is 6.54 Å². The molecule has 0 bridgehead atoms. The van der Waals surface area contributed by atoms with Crippen LogP contribution in [0.1, 0.15) is 29.9 Å². The van der Waals surface area contributed by atoms with Crippen LogP contribution in [0.4, 0.5) is 4.39 Å². The molecule has 1 aromatic carbocycles. The number of nitrogens with one attached hydrogen (secondary N) is 1. The van der Waals surface area contributed by atoms with Gasteiger partial charge in [0.1, 0.15) is 5.82 Å². The normalized spacial score (nSPS) is 18.7. The molecule has 0 spiro atoms. The monoisotopic (exact) mass is 245 g/mol. The van der Waals surface area contributed by atoms with Crippen molar-refractivity contribution in [3.8, 4) is 0 Å². The topological polar surface area (TPSA) is 29.9 Å². The minimum absolute atomic E-state index is 0.122. The molecule has 0 saturated carbocycles. The SMILES string of the molecule is CCn1cnc2c1CCNC2c1ccccc1F. The van der Waals surface area contributed by atoms with E-state index in [9.17, 15) is 4.39 Å². The minimum Gasteiger partial charge on any atom is -0.334 e. The standard InChI is InChI=1S/C14H16FN3/c1-2-18-9-17-14-12(18)7-8-16-13(14)10-5-3-4-6-11(10)15/h3-6,9,13,16H,2,7-8H2,1H3. The van der Waals surface area contributed by atoms with Crippen molar-refractivity contribution in [2.24, 2.45) is 0 Å². The third-order valence-corrected chi connectivity index (χ3v) is 3.52. The summed E-state index contributed by atoms with van der Waals surface area (Å²) < 4.78 is 16.0. The molecule has 2 heterocycles. The summed E-state index contributed by atoms with van der Waals surface area (Å²) in [5.41, 5.74) is 2.87. The molecule has 1 aliphatic rings. The van der Waals surface area contributed by atoms with Gasteiger partial charge in [-0.3, -0.25) is 0 Å².